The van der Waals surface area contributed by atoms with Gasteiger partial charge in [0, 0.05) is 5.92 Å². The Balaban J connectivity index is 1.66. The zero-order chi connectivity index (χ0) is 10.5. The summed E-state index contributed by atoms with van der Waals surface area (Å²) in [6.45, 7) is 1.89. The molecule has 0 radical (unpaired) electrons. The van der Waals surface area contributed by atoms with Gasteiger partial charge in [-0.1, -0.05) is 12.8 Å². The number of amides is 1. The molecule has 15 heavy (non-hydrogen) atoms. The molecule has 86 valence electrons. The van der Waals surface area contributed by atoms with Crippen molar-refractivity contribution in [3.05, 3.63) is 0 Å². The lowest BCUT2D eigenvalue weighted by molar-refractivity contribution is -0.143. The predicted molar refractivity (Wildman–Crippen MR) is 57.1 cm³/mol. The van der Waals surface area contributed by atoms with E-state index in [0.717, 1.165) is 38.8 Å². The Morgan fingerprint density at radius 2 is 1.80 bits per heavy atom. The third-order valence-electron chi connectivity index (χ3n) is 3.34. The third kappa shape index (κ3) is 3.18. The van der Waals surface area contributed by atoms with Crippen molar-refractivity contribution in [3.63, 3.8) is 0 Å². The minimum Gasteiger partial charge on any atom is -0.317 e. The normalized spacial score (nSPS) is 24.3. The van der Waals surface area contributed by atoms with E-state index in [-0.39, 0.29) is 17.9 Å². The molecule has 0 aromatic rings. The molecule has 1 amide bonds. The van der Waals surface area contributed by atoms with Crippen molar-refractivity contribution in [3.8, 4) is 0 Å². The summed E-state index contributed by atoms with van der Waals surface area (Å²) in [6.07, 6.45) is 6.76. The Morgan fingerprint density at radius 3 is 2.47 bits per heavy atom. The fourth-order valence-electron chi connectivity index (χ4n) is 2.32. The van der Waals surface area contributed by atoms with E-state index in [1.165, 1.54) is 12.8 Å². The molecule has 0 aromatic heterocycles. The SMILES string of the molecule is O=C(NOC1CCCC1)C1CCNCC1. The quantitative estimate of drug-likeness (QED) is 0.686. The van der Waals surface area contributed by atoms with Gasteiger partial charge < -0.3 is 5.32 Å². The highest BCUT2D eigenvalue weighted by Crippen LogP contribution is 2.20. The van der Waals surface area contributed by atoms with E-state index in [0.29, 0.717) is 0 Å². The summed E-state index contributed by atoms with van der Waals surface area (Å²) in [5, 5.41) is 3.25. The Bertz CT molecular complexity index is 209. The molecule has 1 saturated heterocycles. The van der Waals surface area contributed by atoms with Gasteiger partial charge in [0.2, 0.25) is 5.91 Å². The van der Waals surface area contributed by atoms with Crippen LogP contribution in [-0.4, -0.2) is 25.1 Å². The van der Waals surface area contributed by atoms with Crippen molar-refractivity contribution < 1.29 is 9.63 Å². The fraction of sp³-hybridized carbons (Fsp3) is 0.909. The third-order valence-corrected chi connectivity index (χ3v) is 3.34. The second-order valence-electron chi connectivity index (χ2n) is 4.51. The van der Waals surface area contributed by atoms with Crippen molar-refractivity contribution in [1.29, 1.82) is 0 Å². The van der Waals surface area contributed by atoms with Gasteiger partial charge >= 0.3 is 0 Å². The molecular weight excluding hydrogens is 192 g/mol. The number of rotatable bonds is 3. The highest BCUT2D eigenvalue weighted by molar-refractivity contribution is 5.77. The zero-order valence-electron chi connectivity index (χ0n) is 9.13. The van der Waals surface area contributed by atoms with Gasteiger partial charge in [0.05, 0.1) is 6.10 Å². The van der Waals surface area contributed by atoms with Gasteiger partial charge in [-0.3, -0.25) is 9.63 Å². The van der Waals surface area contributed by atoms with E-state index in [1.807, 2.05) is 0 Å². The van der Waals surface area contributed by atoms with Crippen LogP contribution in [0, 0.1) is 5.92 Å². The van der Waals surface area contributed by atoms with Crippen LogP contribution >= 0.6 is 0 Å². The lowest BCUT2D eigenvalue weighted by atomic mass is 9.98. The molecule has 0 unspecified atom stereocenters. The van der Waals surface area contributed by atoms with Gasteiger partial charge in [0.1, 0.15) is 0 Å². The molecule has 2 N–H and O–H groups in total. The molecule has 0 aromatic carbocycles. The summed E-state index contributed by atoms with van der Waals surface area (Å²) in [6, 6.07) is 0. The maximum absolute atomic E-state index is 11.7. The number of hydroxylamine groups is 1. The molecule has 4 heteroatoms. The first-order valence-corrected chi connectivity index (χ1v) is 6.02. The van der Waals surface area contributed by atoms with E-state index in [9.17, 15) is 4.79 Å². The average molecular weight is 212 g/mol. The van der Waals surface area contributed by atoms with Crippen LogP contribution in [0.3, 0.4) is 0 Å². The summed E-state index contributed by atoms with van der Waals surface area (Å²) in [5.41, 5.74) is 2.63. The van der Waals surface area contributed by atoms with Gasteiger partial charge in [-0.05, 0) is 38.8 Å². The number of nitrogens with one attached hydrogen (secondary N) is 2. The molecule has 0 spiro atoms. The molecule has 4 nitrogen and oxygen atoms in total. The first-order chi connectivity index (χ1) is 7.36. The minimum absolute atomic E-state index is 0.0726. The molecule has 0 atom stereocenters. The van der Waals surface area contributed by atoms with Crippen LogP contribution in [0.4, 0.5) is 0 Å². The Morgan fingerprint density at radius 1 is 1.13 bits per heavy atom. The summed E-state index contributed by atoms with van der Waals surface area (Å²) in [7, 11) is 0. The number of carbonyl (C=O) groups is 1. The molecule has 1 saturated carbocycles. The summed E-state index contributed by atoms with van der Waals surface area (Å²) >= 11 is 0. The van der Waals surface area contributed by atoms with Crippen molar-refractivity contribution in [2.45, 2.75) is 44.6 Å². The van der Waals surface area contributed by atoms with E-state index in [1.54, 1.807) is 0 Å². The Hall–Kier alpha value is -0.610. The zero-order valence-corrected chi connectivity index (χ0v) is 9.13. The first-order valence-electron chi connectivity index (χ1n) is 6.02. The lowest BCUT2D eigenvalue weighted by Gasteiger charge is -2.22. The lowest BCUT2D eigenvalue weighted by Crippen LogP contribution is -2.39. The highest BCUT2D eigenvalue weighted by atomic mass is 16.7. The monoisotopic (exact) mass is 212 g/mol. The largest absolute Gasteiger partial charge is 0.317 e. The second-order valence-corrected chi connectivity index (χ2v) is 4.51. The standard InChI is InChI=1S/C11H20N2O2/c14-11(9-5-7-12-8-6-9)13-15-10-3-1-2-4-10/h9-10,12H,1-8H2,(H,13,14). The van der Waals surface area contributed by atoms with Crippen LogP contribution in [-0.2, 0) is 9.63 Å². The van der Waals surface area contributed by atoms with Crippen LogP contribution in [0.15, 0.2) is 0 Å². The molecule has 1 heterocycles. The molecule has 1 aliphatic carbocycles. The molecule has 2 rings (SSSR count). The van der Waals surface area contributed by atoms with Crippen LogP contribution in [0.5, 0.6) is 0 Å². The van der Waals surface area contributed by atoms with Crippen molar-refractivity contribution in [1.82, 2.24) is 10.8 Å². The molecule has 1 aliphatic heterocycles. The Labute approximate surface area is 90.7 Å². The van der Waals surface area contributed by atoms with Gasteiger partial charge in [-0.25, -0.2) is 5.48 Å². The predicted octanol–water partition coefficient (Wildman–Crippen LogP) is 0.976. The second kappa shape index (κ2) is 5.47. The van der Waals surface area contributed by atoms with E-state index < -0.39 is 0 Å². The van der Waals surface area contributed by atoms with Gasteiger partial charge in [0.25, 0.3) is 0 Å². The number of hydrogen-bond acceptors (Lipinski definition) is 3. The highest BCUT2D eigenvalue weighted by Gasteiger charge is 2.23. The first kappa shape index (κ1) is 10.9. The fourth-order valence-corrected chi connectivity index (χ4v) is 2.32. The minimum atomic E-state index is 0.0726. The van der Waals surface area contributed by atoms with E-state index in [4.69, 9.17) is 4.84 Å². The van der Waals surface area contributed by atoms with Crippen LogP contribution < -0.4 is 10.8 Å². The van der Waals surface area contributed by atoms with Crippen molar-refractivity contribution in [2.75, 3.05) is 13.1 Å². The summed E-state index contributed by atoms with van der Waals surface area (Å²) < 4.78 is 0. The van der Waals surface area contributed by atoms with Crippen LogP contribution in [0.1, 0.15) is 38.5 Å². The maximum atomic E-state index is 11.7. The molecule has 2 fully saturated rings. The molecule has 0 bridgehead atoms. The summed E-state index contributed by atoms with van der Waals surface area (Å²) in [4.78, 5) is 17.1. The topological polar surface area (TPSA) is 50.4 Å². The van der Waals surface area contributed by atoms with Gasteiger partial charge in [0.15, 0.2) is 0 Å². The number of hydrogen-bond donors (Lipinski definition) is 2. The van der Waals surface area contributed by atoms with E-state index >= 15 is 0 Å². The Kier molecular flexibility index (Phi) is 3.97. The van der Waals surface area contributed by atoms with Crippen molar-refractivity contribution >= 4 is 5.91 Å². The number of piperidine rings is 1. The maximum Gasteiger partial charge on any atom is 0.246 e. The van der Waals surface area contributed by atoms with Crippen LogP contribution in [0.2, 0.25) is 0 Å². The van der Waals surface area contributed by atoms with Crippen molar-refractivity contribution in [2.24, 2.45) is 5.92 Å². The summed E-state index contributed by atoms with van der Waals surface area (Å²) in [5.74, 6) is 0.219. The van der Waals surface area contributed by atoms with Gasteiger partial charge in [-0.2, -0.15) is 0 Å². The van der Waals surface area contributed by atoms with Gasteiger partial charge in [-0.15, -0.1) is 0 Å². The smallest absolute Gasteiger partial charge is 0.246 e. The van der Waals surface area contributed by atoms with Crippen LogP contribution in [0.25, 0.3) is 0 Å². The van der Waals surface area contributed by atoms with E-state index in [2.05, 4.69) is 10.8 Å². The average Bonchev–Trinajstić information content (AvgIpc) is 2.80. The molecule has 2 aliphatic rings. The number of carbonyl (C=O) groups excluding carboxylic acids is 1. The molecular formula is C11H20N2O2.